The lowest BCUT2D eigenvalue weighted by Gasteiger charge is -2.37. The second-order valence-corrected chi connectivity index (χ2v) is 13.9. The summed E-state index contributed by atoms with van der Waals surface area (Å²) in [6, 6.07) is 8.99. The number of carbonyl (C=O) groups excluding carboxylic acids is 2. The van der Waals surface area contributed by atoms with Gasteiger partial charge in [-0.25, -0.2) is 9.59 Å². The van der Waals surface area contributed by atoms with E-state index in [1.54, 1.807) is 9.80 Å². The number of fused-ring (bicyclic) bond motifs is 2. The first-order valence-electron chi connectivity index (χ1n) is 15.4. The number of aliphatic hydroxyl groups excluding tert-OH is 1. The van der Waals surface area contributed by atoms with Gasteiger partial charge in [0.15, 0.2) is 6.29 Å². The summed E-state index contributed by atoms with van der Waals surface area (Å²) in [6.07, 6.45) is 1.60. The van der Waals surface area contributed by atoms with E-state index in [-0.39, 0.29) is 42.4 Å². The Kier molecular flexibility index (Phi) is 10.6. The Morgan fingerprint density at radius 3 is 2.54 bits per heavy atom. The van der Waals surface area contributed by atoms with E-state index in [4.69, 9.17) is 14.2 Å². The van der Waals surface area contributed by atoms with Crippen molar-refractivity contribution < 1.29 is 28.9 Å². The van der Waals surface area contributed by atoms with Gasteiger partial charge in [0.2, 0.25) is 0 Å². The predicted molar refractivity (Wildman–Crippen MR) is 157 cm³/mol. The van der Waals surface area contributed by atoms with Crippen molar-refractivity contribution in [2.75, 3.05) is 33.3 Å². The molecular formula is C32H51N3O6. The molecule has 2 heterocycles. The highest BCUT2D eigenvalue weighted by Gasteiger charge is 2.53. The van der Waals surface area contributed by atoms with Gasteiger partial charge in [0.05, 0.1) is 31.4 Å². The van der Waals surface area contributed by atoms with Gasteiger partial charge in [-0.3, -0.25) is 0 Å². The molecule has 2 saturated heterocycles. The Labute approximate surface area is 245 Å². The molecule has 3 aliphatic rings. The number of hydrogen-bond donors (Lipinski definition) is 2. The summed E-state index contributed by atoms with van der Waals surface area (Å²) in [6.45, 7) is 12.5. The molecule has 3 amide bonds. The molecule has 0 spiro atoms. The van der Waals surface area contributed by atoms with Crippen LogP contribution in [0, 0.1) is 23.2 Å². The first-order chi connectivity index (χ1) is 19.4. The molecule has 1 saturated carbocycles. The molecule has 0 radical (unpaired) electrons. The van der Waals surface area contributed by atoms with Crippen LogP contribution < -0.4 is 5.32 Å². The summed E-state index contributed by atoms with van der Waals surface area (Å²) >= 11 is 0. The van der Waals surface area contributed by atoms with Crippen molar-refractivity contribution in [2.45, 2.75) is 97.4 Å². The van der Waals surface area contributed by atoms with Crippen LogP contribution in [0.15, 0.2) is 30.3 Å². The van der Waals surface area contributed by atoms with Crippen LogP contribution in [0.2, 0.25) is 0 Å². The number of aliphatic hydroxyl groups is 1. The summed E-state index contributed by atoms with van der Waals surface area (Å²) < 4.78 is 17.8. The number of nitrogens with one attached hydrogen (secondary N) is 1. The highest BCUT2D eigenvalue weighted by atomic mass is 16.7. The fourth-order valence-corrected chi connectivity index (χ4v) is 6.06. The van der Waals surface area contributed by atoms with E-state index in [0.29, 0.717) is 38.0 Å². The normalized spacial score (nSPS) is 26.5. The van der Waals surface area contributed by atoms with E-state index in [2.05, 4.69) is 39.9 Å². The highest BCUT2D eigenvalue weighted by molar-refractivity contribution is 5.74. The molecular weight excluding hydrogens is 522 g/mol. The van der Waals surface area contributed by atoms with E-state index < -0.39 is 18.2 Å². The maximum Gasteiger partial charge on any atom is 0.407 e. The van der Waals surface area contributed by atoms with Gasteiger partial charge in [-0.15, -0.1) is 0 Å². The lowest BCUT2D eigenvalue weighted by molar-refractivity contribution is -0.153. The Morgan fingerprint density at radius 2 is 1.85 bits per heavy atom. The maximum absolute atomic E-state index is 13.5. The molecule has 3 bridgehead atoms. The van der Waals surface area contributed by atoms with Crippen molar-refractivity contribution in [1.82, 2.24) is 15.1 Å². The number of ether oxygens (including phenoxy) is 3. The molecule has 4 rings (SSSR count). The largest absolute Gasteiger partial charge is 0.443 e. The topological polar surface area (TPSA) is 101 Å². The molecule has 3 fully saturated rings. The molecule has 41 heavy (non-hydrogen) atoms. The van der Waals surface area contributed by atoms with Gasteiger partial charge in [0.1, 0.15) is 6.10 Å². The molecule has 1 aromatic carbocycles. The highest BCUT2D eigenvalue weighted by Crippen LogP contribution is 2.46. The number of urea groups is 1. The maximum atomic E-state index is 13.5. The fraction of sp³-hybridized carbons (Fsp3) is 0.750. The molecule has 7 atom stereocenters. The van der Waals surface area contributed by atoms with Gasteiger partial charge in [0.25, 0.3) is 0 Å². The Bertz CT molecular complexity index is 991. The summed E-state index contributed by atoms with van der Waals surface area (Å²) in [4.78, 5) is 30.2. The molecule has 230 valence electrons. The third kappa shape index (κ3) is 8.82. The molecule has 9 nitrogen and oxygen atoms in total. The van der Waals surface area contributed by atoms with Crippen LogP contribution in [0.3, 0.4) is 0 Å². The molecule has 2 N–H and O–H groups in total. The number of nitrogens with zero attached hydrogens (tertiary/aromatic N) is 2. The van der Waals surface area contributed by atoms with Crippen LogP contribution in [0.25, 0.3) is 0 Å². The Hall–Kier alpha value is -2.36. The number of benzene rings is 1. The van der Waals surface area contributed by atoms with Crippen LogP contribution in [0.5, 0.6) is 0 Å². The number of rotatable bonds is 12. The SMILES string of the molecule is CC(C)CCN(CC(O)C(Cc1ccccc1)NC(=O)OC1C2COC3OC1CC3C2)C(=O)N(C)CCC(C)(C)C. The zero-order valence-corrected chi connectivity index (χ0v) is 25.8. The summed E-state index contributed by atoms with van der Waals surface area (Å²) in [5.74, 6) is 0.904. The van der Waals surface area contributed by atoms with E-state index in [9.17, 15) is 14.7 Å². The Morgan fingerprint density at radius 1 is 1.12 bits per heavy atom. The molecule has 2 aliphatic heterocycles. The van der Waals surface area contributed by atoms with Crippen molar-refractivity contribution in [1.29, 1.82) is 0 Å². The second-order valence-electron chi connectivity index (χ2n) is 13.9. The molecule has 7 unspecified atom stereocenters. The second kappa shape index (κ2) is 13.7. The predicted octanol–water partition coefficient (Wildman–Crippen LogP) is 4.67. The van der Waals surface area contributed by atoms with Crippen LogP contribution >= 0.6 is 0 Å². The quantitative estimate of drug-likeness (QED) is 0.377. The van der Waals surface area contributed by atoms with E-state index >= 15 is 0 Å². The number of hydrogen-bond acceptors (Lipinski definition) is 6. The number of alkyl carbamates (subject to hydrolysis) is 1. The van der Waals surface area contributed by atoms with Gasteiger partial charge in [-0.2, -0.15) is 0 Å². The monoisotopic (exact) mass is 573 g/mol. The first kappa shape index (κ1) is 31.6. The van der Waals surface area contributed by atoms with Gasteiger partial charge >= 0.3 is 12.1 Å². The van der Waals surface area contributed by atoms with Crippen LogP contribution in [-0.2, 0) is 20.6 Å². The van der Waals surface area contributed by atoms with Crippen LogP contribution in [0.4, 0.5) is 9.59 Å². The minimum atomic E-state index is -0.993. The molecule has 1 aliphatic carbocycles. The zero-order chi connectivity index (χ0) is 29.7. The van der Waals surface area contributed by atoms with Gasteiger partial charge < -0.3 is 34.4 Å². The van der Waals surface area contributed by atoms with Gasteiger partial charge in [0, 0.05) is 32.0 Å². The molecule has 0 aromatic heterocycles. The smallest absolute Gasteiger partial charge is 0.407 e. The zero-order valence-electron chi connectivity index (χ0n) is 25.8. The lowest BCUT2D eigenvalue weighted by Crippen LogP contribution is -2.54. The number of carbonyl (C=O) groups is 2. The minimum absolute atomic E-state index is 0.107. The van der Waals surface area contributed by atoms with Crippen LogP contribution in [0.1, 0.15) is 65.9 Å². The Balaban J connectivity index is 1.44. The van der Waals surface area contributed by atoms with Gasteiger partial charge in [-0.05, 0) is 49.0 Å². The van der Waals surface area contributed by atoms with E-state index in [1.807, 2.05) is 37.4 Å². The lowest BCUT2D eigenvalue weighted by atomic mass is 9.78. The van der Waals surface area contributed by atoms with E-state index in [0.717, 1.165) is 31.2 Å². The molecule has 1 aromatic rings. The van der Waals surface area contributed by atoms with Crippen molar-refractivity contribution in [3.8, 4) is 0 Å². The molecule has 9 heteroatoms. The third-order valence-corrected chi connectivity index (χ3v) is 8.63. The van der Waals surface area contributed by atoms with Crippen LogP contribution in [-0.4, -0.2) is 91.0 Å². The van der Waals surface area contributed by atoms with Crippen molar-refractivity contribution in [3.05, 3.63) is 35.9 Å². The fourth-order valence-electron chi connectivity index (χ4n) is 6.06. The van der Waals surface area contributed by atoms with E-state index in [1.165, 1.54) is 0 Å². The number of amides is 3. The average molecular weight is 574 g/mol. The van der Waals surface area contributed by atoms with Crippen molar-refractivity contribution in [2.24, 2.45) is 23.2 Å². The first-order valence-corrected chi connectivity index (χ1v) is 15.4. The van der Waals surface area contributed by atoms with Crippen molar-refractivity contribution >= 4 is 12.1 Å². The standard InChI is InChI=1S/C32H51N3O6/c1-21(2)12-14-35(31(38)34(6)15-13-32(3,4)5)19-26(36)25(16-22-10-8-7-9-11-22)33-30(37)41-28-24-17-23-18-27(28)40-29(23)39-20-24/h7-11,21,23-29,36H,12-20H2,1-6H3,(H,33,37). The average Bonchev–Trinajstić information content (AvgIpc) is 3.22. The summed E-state index contributed by atoms with van der Waals surface area (Å²) in [7, 11) is 1.82. The van der Waals surface area contributed by atoms with Gasteiger partial charge in [-0.1, -0.05) is 65.0 Å². The summed E-state index contributed by atoms with van der Waals surface area (Å²) in [5.41, 5.74) is 1.08. The minimum Gasteiger partial charge on any atom is -0.443 e. The van der Waals surface area contributed by atoms with Crippen molar-refractivity contribution in [3.63, 3.8) is 0 Å². The summed E-state index contributed by atoms with van der Waals surface area (Å²) in [5, 5.41) is 14.5. The third-order valence-electron chi connectivity index (χ3n) is 8.63.